The monoisotopic (exact) mass is 341 g/mol. The third kappa shape index (κ3) is 6.04. The van der Waals surface area contributed by atoms with Gasteiger partial charge in [-0.15, -0.1) is 11.6 Å². The van der Waals surface area contributed by atoms with E-state index < -0.39 is 58.0 Å². The van der Waals surface area contributed by atoms with Crippen LogP contribution in [0.25, 0.3) is 0 Å². The predicted octanol–water partition coefficient (Wildman–Crippen LogP) is 0.614. The first-order valence-electron chi connectivity index (χ1n) is 5.15. The number of sulfone groups is 1. The van der Waals surface area contributed by atoms with Crippen molar-refractivity contribution in [2.75, 3.05) is 17.9 Å². The Hall–Kier alpha value is -0.900. The van der Waals surface area contributed by atoms with E-state index in [-0.39, 0.29) is 0 Å². The quantitative estimate of drug-likeness (QED) is 0.518. The number of Topliss-reactive ketones (excluding diaryl/α,β-unsaturated/α-hetero) is 1. The molecule has 0 bridgehead atoms. The van der Waals surface area contributed by atoms with Crippen LogP contribution in [0.5, 0.6) is 0 Å². The molecule has 0 heterocycles. The standard InChI is InChI=1S/C9H12ClF4NO4S/c1-20(18,19)3-2-5(6(16)4-10)15-8(17)9(13,14)7(11)12/h5,7H,2-4H2,1H3,(H,15,17). The van der Waals surface area contributed by atoms with Crippen LogP contribution in [0.4, 0.5) is 17.6 Å². The van der Waals surface area contributed by atoms with Gasteiger partial charge in [-0.2, -0.15) is 8.78 Å². The van der Waals surface area contributed by atoms with Gasteiger partial charge < -0.3 is 5.32 Å². The molecule has 0 aliphatic carbocycles. The van der Waals surface area contributed by atoms with Crippen LogP contribution in [-0.4, -0.2) is 56.4 Å². The molecular formula is C9H12ClF4NO4S. The predicted molar refractivity (Wildman–Crippen MR) is 62.9 cm³/mol. The van der Waals surface area contributed by atoms with Crippen LogP contribution in [-0.2, 0) is 19.4 Å². The molecule has 118 valence electrons. The number of carbonyl (C=O) groups is 2. The number of alkyl halides is 5. The molecule has 0 aromatic carbocycles. The number of nitrogens with one attached hydrogen (secondary N) is 1. The molecule has 0 spiro atoms. The van der Waals surface area contributed by atoms with Crippen molar-refractivity contribution < 1.29 is 35.6 Å². The second kappa shape index (κ2) is 7.21. The van der Waals surface area contributed by atoms with E-state index >= 15 is 0 Å². The first-order valence-corrected chi connectivity index (χ1v) is 7.74. The second-order valence-corrected chi connectivity index (χ2v) is 6.50. The summed E-state index contributed by atoms with van der Waals surface area (Å²) < 4.78 is 71.2. The highest BCUT2D eigenvalue weighted by atomic mass is 35.5. The van der Waals surface area contributed by atoms with Gasteiger partial charge >= 0.3 is 12.3 Å². The van der Waals surface area contributed by atoms with E-state index in [1.807, 2.05) is 0 Å². The van der Waals surface area contributed by atoms with Crippen LogP contribution in [0.3, 0.4) is 0 Å². The fraction of sp³-hybridized carbons (Fsp3) is 0.778. The number of hydrogen-bond donors (Lipinski definition) is 1. The van der Waals surface area contributed by atoms with Crippen molar-refractivity contribution in [1.82, 2.24) is 5.32 Å². The zero-order valence-corrected chi connectivity index (χ0v) is 11.8. The second-order valence-electron chi connectivity index (χ2n) is 3.97. The van der Waals surface area contributed by atoms with Gasteiger partial charge in [0, 0.05) is 6.26 Å². The molecule has 20 heavy (non-hydrogen) atoms. The summed E-state index contributed by atoms with van der Waals surface area (Å²) in [6, 6.07) is -1.67. The van der Waals surface area contributed by atoms with Gasteiger partial charge in [-0.1, -0.05) is 0 Å². The van der Waals surface area contributed by atoms with E-state index in [9.17, 15) is 35.6 Å². The van der Waals surface area contributed by atoms with Gasteiger partial charge in [-0.05, 0) is 6.42 Å². The third-order valence-electron chi connectivity index (χ3n) is 2.18. The summed E-state index contributed by atoms with van der Waals surface area (Å²) in [6.07, 6.45) is -3.95. The molecule has 1 unspecified atom stereocenters. The van der Waals surface area contributed by atoms with Gasteiger partial charge in [0.15, 0.2) is 5.78 Å². The van der Waals surface area contributed by atoms with Gasteiger partial charge in [0.2, 0.25) is 0 Å². The average molecular weight is 342 g/mol. The Labute approximate surface area is 117 Å². The van der Waals surface area contributed by atoms with E-state index in [1.165, 1.54) is 5.32 Å². The number of halogens is 5. The summed E-state index contributed by atoms with van der Waals surface area (Å²) in [5.41, 5.74) is 0. The Balaban J connectivity index is 4.92. The van der Waals surface area contributed by atoms with E-state index in [0.717, 1.165) is 6.26 Å². The summed E-state index contributed by atoms with van der Waals surface area (Å²) >= 11 is 5.17. The molecule has 0 aromatic rings. The molecule has 11 heteroatoms. The van der Waals surface area contributed by atoms with Crippen LogP contribution in [0.1, 0.15) is 6.42 Å². The van der Waals surface area contributed by atoms with E-state index in [1.54, 1.807) is 0 Å². The zero-order valence-electron chi connectivity index (χ0n) is 10.2. The summed E-state index contributed by atoms with van der Waals surface area (Å²) in [5.74, 6) is -9.57. The third-order valence-corrected chi connectivity index (χ3v) is 3.42. The normalized spacial score (nSPS) is 14.2. The SMILES string of the molecule is CS(=O)(=O)CCC(NC(=O)C(F)(F)C(F)F)C(=O)CCl. The highest BCUT2D eigenvalue weighted by molar-refractivity contribution is 7.90. The molecule has 0 rings (SSSR count). The lowest BCUT2D eigenvalue weighted by atomic mass is 10.1. The van der Waals surface area contributed by atoms with E-state index in [2.05, 4.69) is 0 Å². The van der Waals surface area contributed by atoms with Crippen LogP contribution < -0.4 is 5.32 Å². The average Bonchev–Trinajstić information content (AvgIpc) is 2.31. The maximum Gasteiger partial charge on any atom is 0.383 e. The molecule has 0 radical (unpaired) electrons. The molecule has 0 saturated heterocycles. The summed E-state index contributed by atoms with van der Waals surface area (Å²) in [6.45, 7) is 0. The zero-order chi connectivity index (χ0) is 16.1. The van der Waals surface area contributed by atoms with Crippen LogP contribution in [0, 0.1) is 0 Å². The molecule has 1 atom stereocenters. The van der Waals surface area contributed by atoms with Crippen LogP contribution >= 0.6 is 11.6 Å². The van der Waals surface area contributed by atoms with E-state index in [0.29, 0.717) is 0 Å². The Morgan fingerprint density at radius 2 is 1.80 bits per heavy atom. The first-order chi connectivity index (χ1) is 8.91. The fourth-order valence-electron chi connectivity index (χ4n) is 1.09. The Morgan fingerprint density at radius 3 is 2.15 bits per heavy atom. The van der Waals surface area contributed by atoms with Gasteiger partial charge in [0.25, 0.3) is 5.91 Å². The lowest BCUT2D eigenvalue weighted by Gasteiger charge is -2.20. The van der Waals surface area contributed by atoms with Crippen molar-refractivity contribution in [3.05, 3.63) is 0 Å². The van der Waals surface area contributed by atoms with Crippen LogP contribution in [0.15, 0.2) is 0 Å². The number of hydrogen-bond acceptors (Lipinski definition) is 4. The number of carbonyl (C=O) groups excluding carboxylic acids is 2. The largest absolute Gasteiger partial charge is 0.383 e. The minimum Gasteiger partial charge on any atom is -0.341 e. The molecule has 1 amide bonds. The first kappa shape index (κ1) is 19.1. The number of ketones is 1. The molecule has 0 fully saturated rings. The molecule has 0 saturated carbocycles. The van der Waals surface area contributed by atoms with Crippen molar-refractivity contribution in [2.24, 2.45) is 0 Å². The molecule has 0 aliphatic rings. The lowest BCUT2D eigenvalue weighted by molar-refractivity contribution is -0.170. The summed E-state index contributed by atoms with van der Waals surface area (Å²) in [7, 11) is -3.53. The number of rotatable bonds is 8. The maximum absolute atomic E-state index is 12.7. The topological polar surface area (TPSA) is 80.3 Å². The molecule has 0 aliphatic heterocycles. The van der Waals surface area contributed by atoms with Gasteiger partial charge in [-0.25, -0.2) is 17.2 Å². The van der Waals surface area contributed by atoms with E-state index in [4.69, 9.17) is 11.6 Å². The molecule has 5 nitrogen and oxygen atoms in total. The highest BCUT2D eigenvalue weighted by Crippen LogP contribution is 2.23. The Morgan fingerprint density at radius 1 is 1.30 bits per heavy atom. The summed E-state index contributed by atoms with van der Waals surface area (Å²) in [4.78, 5) is 22.3. The Kier molecular flexibility index (Phi) is 6.88. The molecule has 0 aromatic heterocycles. The van der Waals surface area contributed by atoms with Crippen molar-refractivity contribution >= 4 is 33.1 Å². The molecule has 1 N–H and O–H groups in total. The van der Waals surface area contributed by atoms with Gasteiger partial charge in [-0.3, -0.25) is 9.59 Å². The van der Waals surface area contributed by atoms with Crippen molar-refractivity contribution in [2.45, 2.75) is 24.8 Å². The Bertz CT molecular complexity index is 469. The van der Waals surface area contributed by atoms with Gasteiger partial charge in [0.1, 0.15) is 9.84 Å². The van der Waals surface area contributed by atoms with Crippen molar-refractivity contribution in [3.63, 3.8) is 0 Å². The lowest BCUT2D eigenvalue weighted by Crippen LogP contribution is -2.52. The maximum atomic E-state index is 12.7. The van der Waals surface area contributed by atoms with Crippen molar-refractivity contribution in [3.8, 4) is 0 Å². The summed E-state index contributed by atoms with van der Waals surface area (Å²) in [5, 5.41) is 1.39. The minimum absolute atomic E-state index is 0.532. The molecular weight excluding hydrogens is 330 g/mol. The van der Waals surface area contributed by atoms with Gasteiger partial charge in [0.05, 0.1) is 17.7 Å². The fourth-order valence-corrected chi connectivity index (χ4v) is 1.94. The highest BCUT2D eigenvalue weighted by Gasteiger charge is 2.49. The number of amides is 1. The smallest absolute Gasteiger partial charge is 0.341 e. The van der Waals surface area contributed by atoms with Crippen molar-refractivity contribution in [1.29, 1.82) is 0 Å². The van der Waals surface area contributed by atoms with Crippen LogP contribution in [0.2, 0.25) is 0 Å². The minimum atomic E-state index is -4.98.